The molecule has 4 aliphatic rings. The van der Waals surface area contributed by atoms with Crippen molar-refractivity contribution < 1.29 is 9.53 Å². The third-order valence-electron chi connectivity index (χ3n) is 4.91. The molecule has 102 valence electrons. The number of piperidine rings is 1. The third-order valence-corrected chi connectivity index (χ3v) is 4.91. The fourth-order valence-corrected chi connectivity index (χ4v) is 3.87. The van der Waals surface area contributed by atoms with E-state index < -0.39 is 0 Å². The molecular formula is C17H17NO2. The molecule has 1 saturated heterocycles. The molecule has 0 N–H and O–H groups in total. The van der Waals surface area contributed by atoms with Gasteiger partial charge in [0.15, 0.2) is 0 Å². The van der Waals surface area contributed by atoms with Crippen LogP contribution in [0.2, 0.25) is 0 Å². The van der Waals surface area contributed by atoms with Crippen molar-refractivity contribution in [2.24, 2.45) is 0 Å². The van der Waals surface area contributed by atoms with Crippen LogP contribution in [0.3, 0.4) is 0 Å². The Morgan fingerprint density at radius 2 is 2.25 bits per heavy atom. The molecule has 1 spiro atoms. The number of amides is 1. The fraction of sp³-hybridized carbons (Fsp3) is 0.353. The van der Waals surface area contributed by atoms with Crippen molar-refractivity contribution in [3.63, 3.8) is 0 Å². The first-order valence-electron chi connectivity index (χ1n) is 6.97. The number of carbonyl (C=O) groups excluding carboxylic acids is 1. The SMILES string of the molecule is COc1cccc2c1C1C=CC23CC(=O)N(C)CC3=C1. The maximum Gasteiger partial charge on any atom is 0.224 e. The van der Waals surface area contributed by atoms with Crippen LogP contribution < -0.4 is 4.74 Å². The molecule has 2 bridgehead atoms. The summed E-state index contributed by atoms with van der Waals surface area (Å²) < 4.78 is 5.53. The number of allylic oxidation sites excluding steroid dienone is 3. The molecule has 1 aromatic rings. The number of ether oxygens (including phenoxy) is 1. The number of nitrogens with zero attached hydrogens (tertiary/aromatic N) is 1. The fourth-order valence-electron chi connectivity index (χ4n) is 3.87. The van der Waals surface area contributed by atoms with Crippen molar-refractivity contribution in [3.8, 4) is 5.75 Å². The highest BCUT2D eigenvalue weighted by atomic mass is 16.5. The van der Waals surface area contributed by atoms with E-state index in [-0.39, 0.29) is 17.2 Å². The highest BCUT2D eigenvalue weighted by molar-refractivity contribution is 5.83. The molecule has 1 amide bonds. The van der Waals surface area contributed by atoms with Gasteiger partial charge >= 0.3 is 0 Å². The molecule has 1 heterocycles. The van der Waals surface area contributed by atoms with Crippen LogP contribution >= 0.6 is 0 Å². The lowest BCUT2D eigenvalue weighted by molar-refractivity contribution is -0.132. The Hall–Kier alpha value is -2.03. The first-order chi connectivity index (χ1) is 9.65. The second-order valence-corrected chi connectivity index (χ2v) is 5.90. The normalized spacial score (nSPS) is 29.9. The summed E-state index contributed by atoms with van der Waals surface area (Å²) in [6.45, 7) is 0.732. The second kappa shape index (κ2) is 3.75. The highest BCUT2D eigenvalue weighted by Crippen LogP contribution is 2.54. The number of rotatable bonds is 1. The summed E-state index contributed by atoms with van der Waals surface area (Å²) in [5.74, 6) is 1.42. The molecule has 0 saturated carbocycles. The van der Waals surface area contributed by atoms with Crippen LogP contribution in [0, 0.1) is 0 Å². The molecule has 3 nitrogen and oxygen atoms in total. The predicted octanol–water partition coefficient (Wildman–Crippen LogP) is 2.39. The molecule has 0 aromatic heterocycles. The summed E-state index contributed by atoms with van der Waals surface area (Å²) in [6.07, 6.45) is 7.29. The van der Waals surface area contributed by atoms with Crippen LogP contribution in [0.1, 0.15) is 23.5 Å². The summed E-state index contributed by atoms with van der Waals surface area (Å²) in [5.41, 5.74) is 3.61. The molecule has 0 radical (unpaired) electrons. The van der Waals surface area contributed by atoms with E-state index in [4.69, 9.17) is 4.74 Å². The Balaban J connectivity index is 1.96. The van der Waals surface area contributed by atoms with E-state index in [1.807, 2.05) is 24.1 Å². The Morgan fingerprint density at radius 1 is 1.40 bits per heavy atom. The van der Waals surface area contributed by atoms with Gasteiger partial charge < -0.3 is 9.64 Å². The van der Waals surface area contributed by atoms with Crippen molar-refractivity contribution in [2.75, 3.05) is 20.7 Å². The van der Waals surface area contributed by atoms with Gasteiger partial charge in [0.05, 0.1) is 7.11 Å². The average molecular weight is 267 g/mol. The lowest BCUT2D eigenvalue weighted by Gasteiger charge is -2.48. The summed E-state index contributed by atoms with van der Waals surface area (Å²) in [6, 6.07) is 6.19. The standard InChI is InChI=1S/C17H17NO2/c1-18-10-12-8-11-6-7-17(12,9-15(18)19)13-4-3-5-14(20-2)16(11)13/h3-8,11H,9-10H2,1-2H3. The van der Waals surface area contributed by atoms with E-state index in [1.54, 1.807) is 7.11 Å². The number of carbonyl (C=O) groups is 1. The molecule has 5 rings (SSSR count). The molecule has 2 unspecified atom stereocenters. The minimum Gasteiger partial charge on any atom is -0.496 e. The van der Waals surface area contributed by atoms with Gasteiger partial charge in [-0.3, -0.25) is 4.79 Å². The van der Waals surface area contributed by atoms with Gasteiger partial charge in [0.2, 0.25) is 5.91 Å². The monoisotopic (exact) mass is 267 g/mol. The van der Waals surface area contributed by atoms with Gasteiger partial charge in [0, 0.05) is 36.9 Å². The number of likely N-dealkylation sites (N-methyl/N-ethyl adjacent to an activating group) is 1. The average Bonchev–Trinajstić information content (AvgIpc) is 2.47. The van der Waals surface area contributed by atoms with Crippen LogP contribution in [-0.2, 0) is 10.2 Å². The van der Waals surface area contributed by atoms with Gasteiger partial charge in [0.1, 0.15) is 5.75 Å². The van der Waals surface area contributed by atoms with E-state index in [0.717, 1.165) is 12.3 Å². The quantitative estimate of drug-likeness (QED) is 0.731. The maximum atomic E-state index is 12.2. The van der Waals surface area contributed by atoms with Gasteiger partial charge in [-0.25, -0.2) is 0 Å². The molecule has 3 aliphatic carbocycles. The topological polar surface area (TPSA) is 29.5 Å². The second-order valence-electron chi connectivity index (χ2n) is 5.90. The summed E-state index contributed by atoms with van der Waals surface area (Å²) >= 11 is 0. The lowest BCUT2D eigenvalue weighted by Crippen LogP contribution is -2.48. The zero-order valence-electron chi connectivity index (χ0n) is 11.7. The van der Waals surface area contributed by atoms with Crippen LogP contribution in [0.15, 0.2) is 42.0 Å². The minimum atomic E-state index is -0.234. The van der Waals surface area contributed by atoms with Crippen molar-refractivity contribution in [3.05, 3.63) is 53.1 Å². The zero-order valence-corrected chi connectivity index (χ0v) is 11.7. The minimum absolute atomic E-state index is 0.209. The van der Waals surface area contributed by atoms with Gasteiger partial charge in [-0.05, 0) is 17.2 Å². The summed E-state index contributed by atoms with van der Waals surface area (Å²) in [5, 5.41) is 0. The van der Waals surface area contributed by atoms with Crippen LogP contribution in [0.5, 0.6) is 5.75 Å². The molecule has 1 aromatic carbocycles. The Bertz CT molecular complexity index is 674. The first-order valence-corrected chi connectivity index (χ1v) is 6.97. The third kappa shape index (κ3) is 1.28. The van der Waals surface area contributed by atoms with Gasteiger partial charge in [-0.1, -0.05) is 30.4 Å². The number of benzene rings is 1. The molecule has 3 heteroatoms. The van der Waals surface area contributed by atoms with E-state index in [9.17, 15) is 4.79 Å². The first kappa shape index (κ1) is 11.8. The summed E-state index contributed by atoms with van der Waals surface area (Å²) in [4.78, 5) is 14.1. The zero-order chi connectivity index (χ0) is 13.9. The van der Waals surface area contributed by atoms with Crippen LogP contribution in [0.25, 0.3) is 0 Å². The molecule has 1 aliphatic heterocycles. The van der Waals surface area contributed by atoms with E-state index in [0.29, 0.717) is 6.42 Å². The Labute approximate surface area is 118 Å². The van der Waals surface area contributed by atoms with Crippen molar-refractivity contribution in [1.29, 1.82) is 0 Å². The molecular weight excluding hydrogens is 250 g/mol. The van der Waals surface area contributed by atoms with Crippen molar-refractivity contribution in [2.45, 2.75) is 17.8 Å². The van der Waals surface area contributed by atoms with Gasteiger partial charge in [0.25, 0.3) is 0 Å². The smallest absolute Gasteiger partial charge is 0.224 e. The molecule has 2 atom stereocenters. The number of hydrogen-bond acceptors (Lipinski definition) is 2. The number of hydrogen-bond donors (Lipinski definition) is 0. The van der Waals surface area contributed by atoms with E-state index >= 15 is 0 Å². The Morgan fingerprint density at radius 3 is 3.05 bits per heavy atom. The molecule has 20 heavy (non-hydrogen) atoms. The summed E-state index contributed by atoms with van der Waals surface area (Å²) in [7, 11) is 3.60. The Kier molecular flexibility index (Phi) is 2.21. The number of methoxy groups -OCH3 is 1. The predicted molar refractivity (Wildman–Crippen MR) is 76.9 cm³/mol. The van der Waals surface area contributed by atoms with Gasteiger partial charge in [-0.2, -0.15) is 0 Å². The lowest BCUT2D eigenvalue weighted by atomic mass is 9.59. The van der Waals surface area contributed by atoms with E-state index in [2.05, 4.69) is 24.3 Å². The van der Waals surface area contributed by atoms with Crippen molar-refractivity contribution >= 4 is 5.91 Å². The van der Waals surface area contributed by atoms with Crippen LogP contribution in [-0.4, -0.2) is 31.5 Å². The van der Waals surface area contributed by atoms with Gasteiger partial charge in [-0.15, -0.1) is 0 Å². The number of likely N-dealkylation sites (tertiary alicyclic amines) is 1. The van der Waals surface area contributed by atoms with E-state index in [1.165, 1.54) is 16.7 Å². The molecule has 1 fully saturated rings. The van der Waals surface area contributed by atoms with Crippen molar-refractivity contribution in [1.82, 2.24) is 4.90 Å². The highest BCUT2D eigenvalue weighted by Gasteiger charge is 2.48. The maximum absolute atomic E-state index is 12.2. The largest absolute Gasteiger partial charge is 0.496 e. The van der Waals surface area contributed by atoms with Crippen LogP contribution in [0.4, 0.5) is 0 Å².